The molecule has 0 bridgehead atoms. The van der Waals surface area contributed by atoms with Crippen molar-refractivity contribution in [3.8, 4) is 5.75 Å². The van der Waals surface area contributed by atoms with Crippen LogP contribution in [0.1, 0.15) is 11.1 Å². The molecule has 3 aromatic carbocycles. The standard InChI is InChI=1S/C24H23Cl2FN2O2/c25-21-13-19(27)6-5-18(21)16-31-24-4-2-1-3-17(24)15-28-20-7-8-23(22(26)14-20)29-9-11-30-12-10-29/h1-8,13-14,28H,9-12,15-16H2. The summed E-state index contributed by atoms with van der Waals surface area (Å²) in [6.07, 6.45) is 0. The predicted octanol–water partition coefficient (Wildman–Crippen LogP) is 6.16. The van der Waals surface area contributed by atoms with Crippen molar-refractivity contribution in [3.63, 3.8) is 0 Å². The summed E-state index contributed by atoms with van der Waals surface area (Å²) < 4.78 is 24.6. The molecule has 1 fully saturated rings. The Morgan fingerprint density at radius 1 is 0.935 bits per heavy atom. The highest BCUT2D eigenvalue weighted by molar-refractivity contribution is 6.33. The number of ether oxygens (including phenoxy) is 2. The van der Waals surface area contributed by atoms with E-state index < -0.39 is 0 Å². The number of nitrogens with one attached hydrogen (secondary N) is 1. The van der Waals surface area contributed by atoms with Crippen LogP contribution in [0, 0.1) is 5.82 Å². The molecule has 4 rings (SSSR count). The molecule has 0 atom stereocenters. The minimum atomic E-state index is -0.364. The van der Waals surface area contributed by atoms with E-state index in [4.69, 9.17) is 32.7 Å². The number of hydrogen-bond donors (Lipinski definition) is 1. The molecule has 0 aromatic heterocycles. The molecule has 31 heavy (non-hydrogen) atoms. The van der Waals surface area contributed by atoms with Crippen LogP contribution >= 0.6 is 23.2 Å². The molecule has 1 saturated heterocycles. The number of para-hydroxylation sites is 1. The normalized spacial score (nSPS) is 13.8. The predicted molar refractivity (Wildman–Crippen MR) is 124 cm³/mol. The first-order valence-corrected chi connectivity index (χ1v) is 10.9. The number of nitrogens with zero attached hydrogens (tertiary/aromatic N) is 1. The lowest BCUT2D eigenvalue weighted by atomic mass is 10.2. The fourth-order valence-electron chi connectivity index (χ4n) is 3.46. The minimum Gasteiger partial charge on any atom is -0.488 e. The fraction of sp³-hybridized carbons (Fsp3) is 0.250. The molecule has 1 aliphatic heterocycles. The van der Waals surface area contributed by atoms with Crippen LogP contribution in [-0.4, -0.2) is 26.3 Å². The van der Waals surface area contributed by atoms with Gasteiger partial charge in [0.05, 0.1) is 28.9 Å². The summed E-state index contributed by atoms with van der Waals surface area (Å²) in [5, 5.41) is 4.47. The van der Waals surface area contributed by atoms with Crippen molar-refractivity contribution >= 4 is 34.6 Å². The molecule has 3 aromatic rings. The highest BCUT2D eigenvalue weighted by Crippen LogP contribution is 2.30. The van der Waals surface area contributed by atoms with Crippen LogP contribution in [0.3, 0.4) is 0 Å². The van der Waals surface area contributed by atoms with Crippen molar-refractivity contribution in [1.82, 2.24) is 0 Å². The van der Waals surface area contributed by atoms with Gasteiger partial charge in [-0.15, -0.1) is 0 Å². The SMILES string of the molecule is Fc1ccc(COc2ccccc2CNc2ccc(N3CCOCC3)c(Cl)c2)c(Cl)c1. The van der Waals surface area contributed by atoms with E-state index in [-0.39, 0.29) is 12.4 Å². The van der Waals surface area contributed by atoms with Gasteiger partial charge in [-0.1, -0.05) is 47.5 Å². The summed E-state index contributed by atoms with van der Waals surface area (Å²) in [7, 11) is 0. The molecule has 0 aliphatic carbocycles. The van der Waals surface area contributed by atoms with Gasteiger partial charge < -0.3 is 19.7 Å². The Kier molecular flexibility index (Phi) is 7.17. The maximum Gasteiger partial charge on any atom is 0.124 e. The van der Waals surface area contributed by atoms with E-state index in [1.165, 1.54) is 12.1 Å². The summed E-state index contributed by atoms with van der Waals surface area (Å²) in [4.78, 5) is 2.24. The van der Waals surface area contributed by atoms with Gasteiger partial charge in [0.1, 0.15) is 18.2 Å². The lowest BCUT2D eigenvalue weighted by molar-refractivity contribution is 0.122. The first-order valence-electron chi connectivity index (χ1n) is 10.1. The maximum atomic E-state index is 13.2. The van der Waals surface area contributed by atoms with Crippen molar-refractivity contribution in [3.05, 3.63) is 87.7 Å². The molecule has 162 valence electrons. The Labute approximate surface area is 191 Å². The maximum absolute atomic E-state index is 13.2. The Morgan fingerprint density at radius 3 is 2.52 bits per heavy atom. The summed E-state index contributed by atoms with van der Waals surface area (Å²) in [6, 6.07) is 18.1. The average Bonchev–Trinajstić information content (AvgIpc) is 2.78. The molecular weight excluding hydrogens is 438 g/mol. The van der Waals surface area contributed by atoms with Crippen LogP contribution in [-0.2, 0) is 17.9 Å². The largest absolute Gasteiger partial charge is 0.488 e. The molecule has 1 N–H and O–H groups in total. The van der Waals surface area contributed by atoms with E-state index in [0.717, 1.165) is 54.6 Å². The Balaban J connectivity index is 1.40. The lowest BCUT2D eigenvalue weighted by Gasteiger charge is -2.29. The summed E-state index contributed by atoms with van der Waals surface area (Å²) in [5.41, 5.74) is 3.68. The van der Waals surface area contributed by atoms with Gasteiger partial charge in [0.25, 0.3) is 0 Å². The topological polar surface area (TPSA) is 33.7 Å². The Bertz CT molecular complexity index is 1040. The Hall–Kier alpha value is -2.47. The zero-order valence-electron chi connectivity index (χ0n) is 16.9. The zero-order valence-corrected chi connectivity index (χ0v) is 18.4. The van der Waals surface area contributed by atoms with Gasteiger partial charge in [0.15, 0.2) is 0 Å². The van der Waals surface area contributed by atoms with Crippen LogP contribution in [0.4, 0.5) is 15.8 Å². The molecule has 4 nitrogen and oxygen atoms in total. The van der Waals surface area contributed by atoms with Gasteiger partial charge in [-0.2, -0.15) is 0 Å². The van der Waals surface area contributed by atoms with Crippen molar-refractivity contribution in [2.24, 2.45) is 0 Å². The van der Waals surface area contributed by atoms with Crippen LogP contribution in [0.2, 0.25) is 10.0 Å². The van der Waals surface area contributed by atoms with E-state index in [1.807, 2.05) is 42.5 Å². The first kappa shape index (κ1) is 21.8. The van der Waals surface area contributed by atoms with Gasteiger partial charge in [-0.25, -0.2) is 4.39 Å². The molecule has 0 amide bonds. The Morgan fingerprint density at radius 2 is 1.74 bits per heavy atom. The molecular formula is C24H23Cl2FN2O2. The first-order chi connectivity index (χ1) is 15.1. The zero-order chi connectivity index (χ0) is 21.6. The van der Waals surface area contributed by atoms with Crippen molar-refractivity contribution in [2.45, 2.75) is 13.2 Å². The van der Waals surface area contributed by atoms with Crippen molar-refractivity contribution < 1.29 is 13.9 Å². The van der Waals surface area contributed by atoms with Crippen molar-refractivity contribution in [2.75, 3.05) is 36.5 Å². The van der Waals surface area contributed by atoms with Gasteiger partial charge in [0, 0.05) is 36.4 Å². The average molecular weight is 461 g/mol. The molecule has 0 saturated carbocycles. The molecule has 0 radical (unpaired) electrons. The third kappa shape index (κ3) is 5.62. The highest BCUT2D eigenvalue weighted by Gasteiger charge is 2.14. The van der Waals surface area contributed by atoms with Crippen LogP contribution in [0.25, 0.3) is 0 Å². The third-order valence-electron chi connectivity index (χ3n) is 5.15. The van der Waals surface area contributed by atoms with E-state index in [0.29, 0.717) is 16.6 Å². The van der Waals surface area contributed by atoms with Gasteiger partial charge in [-0.3, -0.25) is 0 Å². The third-order valence-corrected chi connectivity index (χ3v) is 5.81. The summed E-state index contributed by atoms with van der Waals surface area (Å²) >= 11 is 12.6. The summed E-state index contributed by atoms with van der Waals surface area (Å²) in [6.45, 7) is 3.95. The highest BCUT2D eigenvalue weighted by atomic mass is 35.5. The van der Waals surface area contributed by atoms with Crippen LogP contribution in [0.5, 0.6) is 5.75 Å². The minimum absolute atomic E-state index is 0.260. The molecule has 1 aliphatic rings. The number of anilines is 2. The molecule has 0 unspecified atom stereocenters. The molecule has 1 heterocycles. The van der Waals surface area contributed by atoms with Crippen LogP contribution < -0.4 is 15.0 Å². The second-order valence-electron chi connectivity index (χ2n) is 7.25. The van der Waals surface area contributed by atoms with E-state index >= 15 is 0 Å². The number of halogens is 3. The second-order valence-corrected chi connectivity index (χ2v) is 8.07. The van der Waals surface area contributed by atoms with E-state index in [1.54, 1.807) is 6.07 Å². The van der Waals surface area contributed by atoms with E-state index in [2.05, 4.69) is 10.2 Å². The fourth-order valence-corrected chi connectivity index (χ4v) is 3.98. The smallest absolute Gasteiger partial charge is 0.124 e. The molecule has 0 spiro atoms. The number of hydrogen-bond acceptors (Lipinski definition) is 4. The van der Waals surface area contributed by atoms with E-state index in [9.17, 15) is 4.39 Å². The number of morpholine rings is 1. The van der Waals surface area contributed by atoms with Gasteiger partial charge in [-0.05, 0) is 36.4 Å². The number of rotatable bonds is 7. The van der Waals surface area contributed by atoms with Crippen LogP contribution in [0.15, 0.2) is 60.7 Å². The molecule has 7 heteroatoms. The summed E-state index contributed by atoms with van der Waals surface area (Å²) in [5.74, 6) is 0.378. The van der Waals surface area contributed by atoms with Crippen molar-refractivity contribution in [1.29, 1.82) is 0 Å². The van der Waals surface area contributed by atoms with Gasteiger partial charge in [0.2, 0.25) is 0 Å². The second kappa shape index (κ2) is 10.2. The lowest BCUT2D eigenvalue weighted by Crippen LogP contribution is -2.36. The number of benzene rings is 3. The van der Waals surface area contributed by atoms with Gasteiger partial charge >= 0.3 is 0 Å². The quantitative estimate of drug-likeness (QED) is 0.457. The monoisotopic (exact) mass is 460 g/mol.